The van der Waals surface area contributed by atoms with Crippen molar-refractivity contribution in [3.8, 4) is 11.8 Å². The largest absolute Gasteiger partial charge is 0.619 e. The van der Waals surface area contributed by atoms with E-state index in [9.17, 15) is 10.0 Å². The maximum absolute atomic E-state index is 11.5. The third kappa shape index (κ3) is 5.55. The Morgan fingerprint density at radius 3 is 2.82 bits per heavy atom. The molecule has 0 unspecified atom stereocenters. The number of benzene rings is 1. The zero-order chi connectivity index (χ0) is 15.6. The van der Waals surface area contributed by atoms with Crippen molar-refractivity contribution in [2.24, 2.45) is 0 Å². The molecule has 1 N–H and O–H groups in total. The molecule has 1 aromatic carbocycles. The van der Waals surface area contributed by atoms with Gasteiger partial charge in [-0.3, -0.25) is 0 Å². The highest BCUT2D eigenvalue weighted by molar-refractivity contribution is 5.67. The molecule has 0 aliphatic heterocycles. The fourth-order valence-corrected chi connectivity index (χ4v) is 1.69. The van der Waals surface area contributed by atoms with E-state index in [1.165, 1.54) is 12.4 Å². The lowest BCUT2D eigenvalue weighted by molar-refractivity contribution is -0.605. The second-order valence-corrected chi connectivity index (χ2v) is 4.49. The van der Waals surface area contributed by atoms with Crippen LogP contribution in [0.2, 0.25) is 0 Å². The van der Waals surface area contributed by atoms with Gasteiger partial charge < -0.3 is 15.3 Å². The molecule has 22 heavy (non-hydrogen) atoms. The minimum atomic E-state index is -0.470. The molecule has 5 nitrogen and oxygen atoms in total. The van der Waals surface area contributed by atoms with E-state index in [0.717, 1.165) is 5.56 Å². The molecule has 5 heteroatoms. The van der Waals surface area contributed by atoms with Crippen molar-refractivity contribution in [3.05, 3.63) is 71.2 Å². The molecule has 0 aliphatic rings. The molecule has 1 heterocycles. The summed E-state index contributed by atoms with van der Waals surface area (Å²) in [6.07, 6.45) is 2.81. The zero-order valence-corrected chi connectivity index (χ0v) is 12.0. The number of rotatable bonds is 4. The van der Waals surface area contributed by atoms with Crippen LogP contribution in [0.4, 0.5) is 4.79 Å². The Balaban J connectivity index is 1.65. The van der Waals surface area contributed by atoms with Gasteiger partial charge >= 0.3 is 6.09 Å². The van der Waals surface area contributed by atoms with Gasteiger partial charge in [0.1, 0.15) is 6.61 Å². The summed E-state index contributed by atoms with van der Waals surface area (Å²) in [4.78, 5) is 11.5. The number of carbonyl (C=O) groups is 1. The highest BCUT2D eigenvalue weighted by atomic mass is 16.5. The maximum atomic E-state index is 11.5. The smallest absolute Gasteiger partial charge is 0.407 e. The lowest BCUT2D eigenvalue weighted by Crippen LogP contribution is -2.25. The molecule has 0 aliphatic carbocycles. The van der Waals surface area contributed by atoms with Crippen molar-refractivity contribution < 1.29 is 14.3 Å². The van der Waals surface area contributed by atoms with Gasteiger partial charge in [-0.25, -0.2) is 4.79 Å². The minimum absolute atomic E-state index is 0.242. The standard InChI is InChI=1S/C17H16N2O3/c20-17(22-14-16-8-2-1-3-9-16)18-11-5-4-7-15-10-6-12-19(21)13-15/h1-3,6,8-10,12-13H,5,11,14H2,(H,18,20). The van der Waals surface area contributed by atoms with Crippen LogP contribution in [0.5, 0.6) is 0 Å². The molecule has 1 aromatic heterocycles. The normalized spacial score (nSPS) is 9.45. The molecule has 0 fully saturated rings. The van der Waals surface area contributed by atoms with Gasteiger partial charge in [-0.05, 0) is 11.6 Å². The van der Waals surface area contributed by atoms with Gasteiger partial charge in [0.15, 0.2) is 12.4 Å². The topological polar surface area (TPSA) is 65.3 Å². The molecular weight excluding hydrogens is 280 g/mol. The Kier molecular flexibility index (Phi) is 5.82. The molecule has 2 rings (SSSR count). The van der Waals surface area contributed by atoms with E-state index in [1.54, 1.807) is 12.1 Å². The SMILES string of the molecule is O=C(NCCC#Cc1ccc[n+]([O-])c1)OCc1ccccc1. The summed E-state index contributed by atoms with van der Waals surface area (Å²) < 4.78 is 5.76. The number of ether oxygens (including phenoxy) is 1. The second-order valence-electron chi connectivity index (χ2n) is 4.49. The maximum Gasteiger partial charge on any atom is 0.407 e. The van der Waals surface area contributed by atoms with Gasteiger partial charge in [0, 0.05) is 19.0 Å². The highest BCUT2D eigenvalue weighted by Gasteiger charge is 2.00. The van der Waals surface area contributed by atoms with E-state index < -0.39 is 6.09 Å². The Morgan fingerprint density at radius 1 is 1.23 bits per heavy atom. The summed E-state index contributed by atoms with van der Waals surface area (Å²) in [7, 11) is 0. The first-order valence-electron chi connectivity index (χ1n) is 6.86. The van der Waals surface area contributed by atoms with Crippen molar-refractivity contribution in [3.63, 3.8) is 0 Å². The molecule has 1 amide bonds. The first-order chi connectivity index (χ1) is 10.7. The van der Waals surface area contributed by atoms with Crippen LogP contribution in [-0.2, 0) is 11.3 Å². The lowest BCUT2D eigenvalue weighted by Gasteiger charge is -2.05. The summed E-state index contributed by atoms with van der Waals surface area (Å²) in [6, 6.07) is 12.9. The van der Waals surface area contributed by atoms with Crippen molar-refractivity contribution in [1.29, 1.82) is 0 Å². The molecular formula is C17H16N2O3. The fourth-order valence-electron chi connectivity index (χ4n) is 1.69. The predicted molar refractivity (Wildman–Crippen MR) is 81.5 cm³/mol. The third-order valence-corrected chi connectivity index (χ3v) is 2.74. The number of nitrogens with zero attached hydrogens (tertiary/aromatic N) is 1. The van der Waals surface area contributed by atoms with Crippen molar-refractivity contribution >= 4 is 6.09 Å². The van der Waals surface area contributed by atoms with E-state index in [4.69, 9.17) is 4.74 Å². The number of nitrogens with one attached hydrogen (secondary N) is 1. The average molecular weight is 296 g/mol. The number of hydrogen-bond donors (Lipinski definition) is 1. The Morgan fingerprint density at radius 2 is 2.05 bits per heavy atom. The first kappa shape index (κ1) is 15.4. The van der Waals surface area contributed by atoms with E-state index in [2.05, 4.69) is 17.2 Å². The number of amides is 1. The lowest BCUT2D eigenvalue weighted by atomic mass is 10.2. The predicted octanol–water partition coefficient (Wildman–Crippen LogP) is 1.99. The summed E-state index contributed by atoms with van der Waals surface area (Å²) in [5.74, 6) is 5.74. The fraction of sp³-hybridized carbons (Fsp3) is 0.176. The van der Waals surface area contributed by atoms with E-state index in [0.29, 0.717) is 23.3 Å². The van der Waals surface area contributed by atoms with Crippen LogP contribution in [0, 0.1) is 17.0 Å². The van der Waals surface area contributed by atoms with Crippen LogP contribution in [0.1, 0.15) is 17.5 Å². The van der Waals surface area contributed by atoms with Crippen LogP contribution in [0.25, 0.3) is 0 Å². The number of alkyl carbamates (subject to hydrolysis) is 1. The Labute approximate surface area is 129 Å². The zero-order valence-electron chi connectivity index (χ0n) is 12.0. The molecule has 0 saturated heterocycles. The van der Waals surface area contributed by atoms with Gasteiger partial charge in [0.25, 0.3) is 0 Å². The second kappa shape index (κ2) is 8.32. The average Bonchev–Trinajstić information content (AvgIpc) is 2.54. The molecule has 2 aromatic rings. The quantitative estimate of drug-likeness (QED) is 0.406. The van der Waals surface area contributed by atoms with E-state index in [1.807, 2.05) is 30.3 Å². The van der Waals surface area contributed by atoms with Crippen LogP contribution in [0.3, 0.4) is 0 Å². The van der Waals surface area contributed by atoms with Crippen molar-refractivity contribution in [2.75, 3.05) is 6.54 Å². The summed E-state index contributed by atoms with van der Waals surface area (Å²) in [5.41, 5.74) is 1.58. The molecule has 0 bridgehead atoms. The molecule has 0 radical (unpaired) electrons. The number of aromatic nitrogens is 1. The van der Waals surface area contributed by atoms with E-state index in [-0.39, 0.29) is 6.61 Å². The van der Waals surface area contributed by atoms with Gasteiger partial charge in [0.2, 0.25) is 0 Å². The van der Waals surface area contributed by atoms with Crippen LogP contribution in [0.15, 0.2) is 54.9 Å². The van der Waals surface area contributed by atoms with Crippen molar-refractivity contribution in [1.82, 2.24) is 5.32 Å². The van der Waals surface area contributed by atoms with Crippen LogP contribution < -0.4 is 10.0 Å². The molecule has 0 atom stereocenters. The Hall–Kier alpha value is -3.00. The number of hydrogen-bond acceptors (Lipinski definition) is 3. The summed E-state index contributed by atoms with van der Waals surface area (Å²) in [5, 5.41) is 13.7. The van der Waals surface area contributed by atoms with Gasteiger partial charge in [-0.15, -0.1) is 0 Å². The first-order valence-corrected chi connectivity index (χ1v) is 6.86. The van der Waals surface area contributed by atoms with Crippen molar-refractivity contribution in [2.45, 2.75) is 13.0 Å². The highest BCUT2D eigenvalue weighted by Crippen LogP contribution is 2.00. The van der Waals surface area contributed by atoms with Crippen LogP contribution >= 0.6 is 0 Å². The van der Waals surface area contributed by atoms with Crippen LogP contribution in [-0.4, -0.2) is 12.6 Å². The third-order valence-electron chi connectivity index (χ3n) is 2.74. The number of pyridine rings is 1. The monoisotopic (exact) mass is 296 g/mol. The van der Waals surface area contributed by atoms with E-state index >= 15 is 0 Å². The van der Waals surface area contributed by atoms with Gasteiger partial charge in [-0.1, -0.05) is 42.2 Å². The van der Waals surface area contributed by atoms with Gasteiger partial charge in [0.05, 0.1) is 5.56 Å². The van der Waals surface area contributed by atoms with Gasteiger partial charge in [-0.2, -0.15) is 4.73 Å². The molecule has 0 saturated carbocycles. The Bertz CT molecular complexity index is 675. The molecule has 112 valence electrons. The minimum Gasteiger partial charge on any atom is -0.619 e. The summed E-state index contributed by atoms with van der Waals surface area (Å²) in [6.45, 7) is 0.636. The summed E-state index contributed by atoms with van der Waals surface area (Å²) >= 11 is 0. The molecule has 0 spiro atoms. The number of carbonyl (C=O) groups excluding carboxylic acids is 1.